The molecule has 154 valence electrons. The van der Waals surface area contributed by atoms with Crippen LogP contribution in [0, 0.1) is 0 Å². The Kier molecular flexibility index (Phi) is 5.94. The van der Waals surface area contributed by atoms with Crippen molar-refractivity contribution in [2.75, 3.05) is 19.5 Å². The number of methoxy groups -OCH3 is 1. The molecule has 0 radical (unpaired) electrons. The van der Waals surface area contributed by atoms with Gasteiger partial charge in [-0.2, -0.15) is 0 Å². The van der Waals surface area contributed by atoms with Crippen molar-refractivity contribution in [2.45, 2.75) is 24.4 Å². The van der Waals surface area contributed by atoms with Crippen molar-refractivity contribution in [1.29, 1.82) is 0 Å². The SMILES string of the molecule is COC1(NC(=O)Cc2ccccc2)C(=O)N2C(C(=O)O)=C(COC(C)=O)CS[C@H]21. The van der Waals surface area contributed by atoms with E-state index in [0.717, 1.165) is 10.5 Å². The Hall–Kier alpha value is -2.85. The van der Waals surface area contributed by atoms with E-state index < -0.39 is 34.9 Å². The third-order valence-corrected chi connectivity index (χ3v) is 5.99. The van der Waals surface area contributed by atoms with E-state index in [1.807, 2.05) is 6.07 Å². The van der Waals surface area contributed by atoms with Crippen LogP contribution in [0.15, 0.2) is 41.6 Å². The van der Waals surface area contributed by atoms with E-state index in [1.165, 1.54) is 25.8 Å². The van der Waals surface area contributed by atoms with Gasteiger partial charge in [-0.05, 0) is 5.56 Å². The van der Waals surface area contributed by atoms with Gasteiger partial charge >= 0.3 is 11.9 Å². The highest BCUT2D eigenvalue weighted by Crippen LogP contribution is 2.46. The summed E-state index contributed by atoms with van der Waals surface area (Å²) in [6.07, 6.45) is 0.0515. The molecule has 1 unspecified atom stereocenters. The molecule has 2 aliphatic heterocycles. The molecule has 0 saturated carbocycles. The van der Waals surface area contributed by atoms with Crippen molar-refractivity contribution >= 4 is 35.5 Å². The van der Waals surface area contributed by atoms with Crippen LogP contribution in [0.3, 0.4) is 0 Å². The smallest absolute Gasteiger partial charge is 0.352 e. The van der Waals surface area contributed by atoms with Crippen LogP contribution in [-0.4, -0.2) is 64.3 Å². The Morgan fingerprint density at radius 3 is 2.59 bits per heavy atom. The van der Waals surface area contributed by atoms with Gasteiger partial charge in [-0.1, -0.05) is 30.3 Å². The number of hydrogen-bond acceptors (Lipinski definition) is 7. The quantitative estimate of drug-likeness (QED) is 0.372. The first-order valence-corrected chi connectivity index (χ1v) is 9.79. The molecular weight excluding hydrogens is 400 g/mol. The lowest BCUT2D eigenvalue weighted by Crippen LogP contribution is -2.80. The fourth-order valence-corrected chi connectivity index (χ4v) is 4.70. The zero-order valence-electron chi connectivity index (χ0n) is 15.8. The molecule has 9 nitrogen and oxygen atoms in total. The molecule has 0 bridgehead atoms. The third kappa shape index (κ3) is 3.85. The maximum absolute atomic E-state index is 12.9. The van der Waals surface area contributed by atoms with Crippen molar-refractivity contribution in [1.82, 2.24) is 10.2 Å². The van der Waals surface area contributed by atoms with E-state index >= 15 is 0 Å². The molecule has 10 heteroatoms. The zero-order valence-corrected chi connectivity index (χ0v) is 16.7. The summed E-state index contributed by atoms with van der Waals surface area (Å²) in [4.78, 5) is 49.3. The highest BCUT2D eigenvalue weighted by atomic mass is 32.2. The average molecular weight is 420 g/mol. The molecule has 0 aromatic heterocycles. The summed E-state index contributed by atoms with van der Waals surface area (Å²) in [5.74, 6) is -2.76. The monoisotopic (exact) mass is 420 g/mol. The first kappa shape index (κ1) is 20.9. The van der Waals surface area contributed by atoms with E-state index in [1.54, 1.807) is 24.3 Å². The summed E-state index contributed by atoms with van der Waals surface area (Å²) in [5, 5.41) is 11.5. The number of rotatable bonds is 7. The third-order valence-electron chi connectivity index (χ3n) is 4.62. The van der Waals surface area contributed by atoms with E-state index in [2.05, 4.69) is 5.32 Å². The predicted octanol–water partition coefficient (Wildman–Crippen LogP) is 0.505. The highest BCUT2D eigenvalue weighted by molar-refractivity contribution is 8.00. The van der Waals surface area contributed by atoms with E-state index in [-0.39, 0.29) is 24.5 Å². The van der Waals surface area contributed by atoms with Gasteiger partial charge in [0.2, 0.25) is 5.91 Å². The highest BCUT2D eigenvalue weighted by Gasteiger charge is 2.66. The topological polar surface area (TPSA) is 122 Å². The molecule has 0 aliphatic carbocycles. The number of aliphatic carboxylic acids is 1. The molecule has 2 aliphatic rings. The molecule has 1 fully saturated rings. The number of carbonyl (C=O) groups is 4. The van der Waals surface area contributed by atoms with Gasteiger partial charge in [-0.3, -0.25) is 19.3 Å². The molecule has 1 aromatic rings. The Morgan fingerprint density at radius 2 is 2.00 bits per heavy atom. The van der Waals surface area contributed by atoms with Crippen molar-refractivity contribution in [3.05, 3.63) is 47.2 Å². The number of carbonyl (C=O) groups excluding carboxylic acids is 3. The molecule has 2 heterocycles. The average Bonchev–Trinajstić information content (AvgIpc) is 2.69. The summed E-state index contributed by atoms with van der Waals surface area (Å²) in [6, 6.07) is 9.01. The Balaban J connectivity index is 1.80. The molecular formula is C19H20N2O7S. The van der Waals surface area contributed by atoms with Crippen LogP contribution in [0.1, 0.15) is 12.5 Å². The molecule has 2 amide bonds. The molecule has 0 spiro atoms. The summed E-state index contributed by atoms with van der Waals surface area (Å²) in [6.45, 7) is 0.994. The number of thioether (sulfide) groups is 1. The van der Waals surface area contributed by atoms with Gasteiger partial charge in [-0.15, -0.1) is 11.8 Å². The van der Waals surface area contributed by atoms with Crippen molar-refractivity contribution in [3.63, 3.8) is 0 Å². The van der Waals surface area contributed by atoms with Gasteiger partial charge in [0.25, 0.3) is 11.6 Å². The van der Waals surface area contributed by atoms with Gasteiger partial charge in [-0.25, -0.2) is 4.79 Å². The number of nitrogens with one attached hydrogen (secondary N) is 1. The maximum Gasteiger partial charge on any atom is 0.352 e. The summed E-state index contributed by atoms with van der Waals surface area (Å²) >= 11 is 1.23. The van der Waals surface area contributed by atoms with Crippen LogP contribution in [0.2, 0.25) is 0 Å². The fraction of sp³-hybridized carbons (Fsp3) is 0.368. The summed E-state index contributed by atoms with van der Waals surface area (Å²) < 4.78 is 10.3. The van der Waals surface area contributed by atoms with Gasteiger partial charge in [0, 0.05) is 25.4 Å². The number of hydrogen-bond donors (Lipinski definition) is 2. The maximum atomic E-state index is 12.9. The number of carboxylic acids is 1. The Labute approximate surface area is 171 Å². The summed E-state index contributed by atoms with van der Waals surface area (Å²) in [5.41, 5.74) is -0.817. The number of benzene rings is 1. The van der Waals surface area contributed by atoms with Gasteiger partial charge in [0.15, 0.2) is 0 Å². The van der Waals surface area contributed by atoms with Crippen LogP contribution < -0.4 is 5.32 Å². The molecule has 3 rings (SSSR count). The Morgan fingerprint density at radius 1 is 1.31 bits per heavy atom. The molecule has 2 N–H and O–H groups in total. The number of nitrogens with zero attached hydrogens (tertiary/aromatic N) is 1. The van der Waals surface area contributed by atoms with Crippen LogP contribution in [-0.2, 0) is 35.1 Å². The number of amides is 2. The second-order valence-corrected chi connectivity index (χ2v) is 7.59. The molecule has 1 saturated heterocycles. The lowest BCUT2D eigenvalue weighted by atomic mass is 9.97. The molecule has 29 heavy (non-hydrogen) atoms. The second-order valence-electron chi connectivity index (χ2n) is 6.53. The van der Waals surface area contributed by atoms with Gasteiger partial charge in [0.05, 0.1) is 6.42 Å². The first-order chi connectivity index (χ1) is 13.8. The van der Waals surface area contributed by atoms with E-state index in [9.17, 15) is 24.3 Å². The van der Waals surface area contributed by atoms with Crippen LogP contribution in [0.25, 0.3) is 0 Å². The minimum atomic E-state index is -1.65. The van der Waals surface area contributed by atoms with Crippen molar-refractivity contribution in [3.8, 4) is 0 Å². The minimum Gasteiger partial charge on any atom is -0.477 e. The zero-order chi connectivity index (χ0) is 21.2. The normalized spacial score (nSPS) is 23.2. The largest absolute Gasteiger partial charge is 0.477 e. The van der Waals surface area contributed by atoms with Crippen molar-refractivity contribution < 1.29 is 33.8 Å². The van der Waals surface area contributed by atoms with Crippen LogP contribution in [0.5, 0.6) is 0 Å². The minimum absolute atomic E-state index is 0.0515. The van der Waals surface area contributed by atoms with Crippen molar-refractivity contribution in [2.24, 2.45) is 0 Å². The lowest BCUT2D eigenvalue weighted by molar-refractivity contribution is -0.192. The number of fused-ring (bicyclic) bond motifs is 1. The van der Waals surface area contributed by atoms with Crippen LogP contribution in [0.4, 0.5) is 0 Å². The number of β-lactam (4-membered cyclic amide) rings is 1. The first-order valence-electron chi connectivity index (χ1n) is 8.74. The van der Waals surface area contributed by atoms with Gasteiger partial charge < -0.3 is 19.9 Å². The van der Waals surface area contributed by atoms with E-state index in [0.29, 0.717) is 5.57 Å². The molecule has 2 atom stereocenters. The standard InChI is InChI=1S/C19H20N2O7S/c1-11(22)28-9-13-10-29-18-19(27-2,17(26)21(18)15(13)16(24)25)20-14(23)8-12-6-4-3-5-7-12/h3-7,18H,8-10H2,1-2H3,(H,20,23)(H,24,25)/t18-,19?/m0/s1. The van der Waals surface area contributed by atoms with Crippen LogP contribution >= 0.6 is 11.8 Å². The number of ether oxygens (including phenoxy) is 2. The fourth-order valence-electron chi connectivity index (χ4n) is 3.28. The lowest BCUT2D eigenvalue weighted by Gasteiger charge is -2.55. The predicted molar refractivity (Wildman–Crippen MR) is 102 cm³/mol. The molecule has 1 aromatic carbocycles. The Bertz CT molecular complexity index is 886. The number of esters is 1. The van der Waals surface area contributed by atoms with Gasteiger partial charge in [0.1, 0.15) is 17.7 Å². The number of carboxylic acid groups (broad SMARTS) is 1. The summed E-state index contributed by atoms with van der Waals surface area (Å²) in [7, 11) is 1.29. The van der Waals surface area contributed by atoms with E-state index in [4.69, 9.17) is 9.47 Å². The second kappa shape index (κ2) is 8.26.